The van der Waals surface area contributed by atoms with Crippen molar-refractivity contribution in [2.45, 2.75) is 78.1 Å². The van der Waals surface area contributed by atoms with Gasteiger partial charge >= 0.3 is 0 Å². The van der Waals surface area contributed by atoms with Crippen molar-refractivity contribution in [3.63, 3.8) is 0 Å². The molecule has 0 aliphatic heterocycles. The van der Waals surface area contributed by atoms with Gasteiger partial charge < -0.3 is 0 Å². The third kappa shape index (κ3) is 1.94. The second kappa shape index (κ2) is 5.23. The summed E-state index contributed by atoms with van der Waals surface area (Å²) < 4.78 is 0. The number of fused-ring (bicyclic) bond motifs is 5. The molecule has 0 N–H and O–H groups in total. The molecule has 1 heteroatoms. The quantitative estimate of drug-likeness (QED) is 0.591. The van der Waals surface area contributed by atoms with Crippen LogP contribution in [0.3, 0.4) is 0 Å². The Kier molecular flexibility index (Phi) is 3.57. The molecule has 122 valence electrons. The van der Waals surface area contributed by atoms with Crippen LogP contribution in [0.15, 0.2) is 6.08 Å². The molecule has 0 spiro atoms. The van der Waals surface area contributed by atoms with Crippen LogP contribution in [0, 0.1) is 40.4 Å². The first-order valence-electron chi connectivity index (χ1n) is 9.80. The second-order valence-electron chi connectivity index (χ2n) is 9.42. The van der Waals surface area contributed by atoms with E-state index in [9.17, 15) is 4.79 Å². The fourth-order valence-corrected chi connectivity index (χ4v) is 7.69. The van der Waals surface area contributed by atoms with Crippen LogP contribution >= 0.6 is 0 Å². The van der Waals surface area contributed by atoms with Gasteiger partial charge in [0, 0.05) is 6.08 Å². The Hall–Kier alpha value is -0.550. The summed E-state index contributed by atoms with van der Waals surface area (Å²) in [5, 5.41) is 0. The van der Waals surface area contributed by atoms with E-state index in [2.05, 4.69) is 19.8 Å². The molecule has 7 atom stereocenters. The van der Waals surface area contributed by atoms with Gasteiger partial charge in [0.05, 0.1) is 0 Å². The number of rotatable bonds is 1. The summed E-state index contributed by atoms with van der Waals surface area (Å²) in [6, 6.07) is 0. The number of hydrogen-bond donors (Lipinski definition) is 0. The SMILES string of the molecule is C[C@]12CC[C@H]3[C@@H](CCC4CCCC[C@@]43C)[C@@H]1CC[C@@H]2C=C=O. The van der Waals surface area contributed by atoms with Gasteiger partial charge in [-0.05, 0) is 91.8 Å². The lowest BCUT2D eigenvalue weighted by Crippen LogP contribution is -2.52. The summed E-state index contributed by atoms with van der Waals surface area (Å²) in [5.74, 6) is 6.44. The highest BCUT2D eigenvalue weighted by atomic mass is 16.1. The Morgan fingerprint density at radius 3 is 2.50 bits per heavy atom. The lowest BCUT2D eigenvalue weighted by molar-refractivity contribution is -0.107. The first-order valence-corrected chi connectivity index (χ1v) is 9.80. The Labute approximate surface area is 135 Å². The Balaban J connectivity index is 1.63. The van der Waals surface area contributed by atoms with Crippen molar-refractivity contribution in [2.24, 2.45) is 40.4 Å². The summed E-state index contributed by atoms with van der Waals surface area (Å²) >= 11 is 0. The highest BCUT2D eigenvalue weighted by molar-refractivity contribution is 5.46. The third-order valence-corrected chi connectivity index (χ3v) is 8.93. The van der Waals surface area contributed by atoms with Gasteiger partial charge in [0.25, 0.3) is 0 Å². The third-order valence-electron chi connectivity index (χ3n) is 8.93. The van der Waals surface area contributed by atoms with E-state index in [1.807, 2.05) is 6.08 Å². The van der Waals surface area contributed by atoms with E-state index in [-0.39, 0.29) is 0 Å². The van der Waals surface area contributed by atoms with Crippen molar-refractivity contribution in [2.75, 3.05) is 0 Å². The van der Waals surface area contributed by atoms with Crippen molar-refractivity contribution in [3.05, 3.63) is 6.08 Å². The van der Waals surface area contributed by atoms with E-state index in [0.29, 0.717) is 16.7 Å². The molecule has 4 fully saturated rings. The van der Waals surface area contributed by atoms with E-state index in [4.69, 9.17) is 0 Å². The summed E-state index contributed by atoms with van der Waals surface area (Å²) in [6.45, 7) is 5.14. The maximum absolute atomic E-state index is 10.9. The summed E-state index contributed by atoms with van der Waals surface area (Å²) in [5.41, 5.74) is 1.04. The average Bonchev–Trinajstić information content (AvgIpc) is 2.84. The van der Waals surface area contributed by atoms with Crippen molar-refractivity contribution >= 4 is 5.94 Å². The van der Waals surface area contributed by atoms with Crippen LogP contribution in [0.5, 0.6) is 0 Å². The van der Waals surface area contributed by atoms with Crippen molar-refractivity contribution < 1.29 is 4.79 Å². The topological polar surface area (TPSA) is 17.1 Å². The predicted molar refractivity (Wildman–Crippen MR) is 90.1 cm³/mol. The minimum atomic E-state index is 0.399. The van der Waals surface area contributed by atoms with Gasteiger partial charge in [-0.15, -0.1) is 0 Å². The van der Waals surface area contributed by atoms with Crippen LogP contribution in [0.4, 0.5) is 0 Å². The van der Waals surface area contributed by atoms with Gasteiger partial charge in [-0.3, -0.25) is 0 Å². The van der Waals surface area contributed by atoms with E-state index >= 15 is 0 Å². The van der Waals surface area contributed by atoms with Gasteiger partial charge in [-0.2, -0.15) is 0 Å². The smallest absolute Gasteiger partial charge is 0.120 e. The van der Waals surface area contributed by atoms with Gasteiger partial charge in [0.15, 0.2) is 0 Å². The van der Waals surface area contributed by atoms with Crippen molar-refractivity contribution in [1.82, 2.24) is 0 Å². The molecule has 0 amide bonds. The summed E-state index contributed by atoms with van der Waals surface area (Å²) in [6.07, 6.45) is 16.1. The largest absolute Gasteiger partial charge is 0.234 e. The minimum absolute atomic E-state index is 0.399. The summed E-state index contributed by atoms with van der Waals surface area (Å²) in [7, 11) is 0. The zero-order valence-electron chi connectivity index (χ0n) is 14.4. The van der Waals surface area contributed by atoms with Crippen LogP contribution in [-0.2, 0) is 4.79 Å². The second-order valence-corrected chi connectivity index (χ2v) is 9.42. The number of hydrogen-bond acceptors (Lipinski definition) is 1. The van der Waals surface area contributed by atoms with E-state index in [0.717, 1.165) is 23.7 Å². The monoisotopic (exact) mass is 300 g/mol. The molecule has 0 aromatic carbocycles. The molecule has 4 aliphatic carbocycles. The number of carbonyl (C=O) groups excluding carboxylic acids is 1. The lowest BCUT2D eigenvalue weighted by Gasteiger charge is -2.60. The fourth-order valence-electron chi connectivity index (χ4n) is 7.69. The van der Waals surface area contributed by atoms with Gasteiger partial charge in [-0.25, -0.2) is 4.79 Å². The summed E-state index contributed by atoms with van der Waals surface area (Å²) in [4.78, 5) is 10.9. The molecule has 0 aromatic heterocycles. The first kappa shape index (κ1) is 15.0. The molecule has 0 aromatic rings. The normalized spacial score (nSPS) is 53.8. The van der Waals surface area contributed by atoms with E-state index < -0.39 is 0 Å². The Morgan fingerprint density at radius 1 is 0.864 bits per heavy atom. The Morgan fingerprint density at radius 2 is 1.68 bits per heavy atom. The molecule has 0 bridgehead atoms. The molecular formula is C21H32O. The maximum Gasteiger partial charge on any atom is 0.120 e. The Bertz CT molecular complexity index is 490. The molecule has 1 unspecified atom stereocenters. The average molecular weight is 300 g/mol. The highest BCUT2D eigenvalue weighted by Gasteiger charge is 2.59. The van der Waals surface area contributed by atoms with Crippen LogP contribution in [0.25, 0.3) is 0 Å². The van der Waals surface area contributed by atoms with Gasteiger partial charge in [-0.1, -0.05) is 26.7 Å². The fraction of sp³-hybridized carbons (Fsp3) is 0.905. The minimum Gasteiger partial charge on any atom is -0.234 e. The lowest BCUT2D eigenvalue weighted by atomic mass is 9.45. The molecule has 4 saturated carbocycles. The van der Waals surface area contributed by atoms with E-state index in [1.54, 1.807) is 0 Å². The first-order chi connectivity index (χ1) is 10.6. The van der Waals surface area contributed by atoms with Crippen LogP contribution < -0.4 is 0 Å². The predicted octanol–water partition coefficient (Wildman–Crippen LogP) is 5.42. The molecule has 0 radical (unpaired) electrons. The standard InChI is InChI=1S/C21H32O/c1-20-12-4-3-5-15(20)6-8-17-18-9-7-16(11-14-22)21(18,2)13-10-19(17)20/h11,15-19H,3-10,12-13H2,1-2H3/t15?,16-,17+,18+,19+,20+,21-/m1/s1. The number of allylic oxidation sites excluding steroid dienone is 1. The molecule has 0 heterocycles. The maximum atomic E-state index is 10.9. The van der Waals surface area contributed by atoms with Crippen LogP contribution in [0.1, 0.15) is 78.1 Å². The van der Waals surface area contributed by atoms with Crippen LogP contribution in [0.2, 0.25) is 0 Å². The molecule has 1 nitrogen and oxygen atoms in total. The highest BCUT2D eigenvalue weighted by Crippen LogP contribution is 2.67. The van der Waals surface area contributed by atoms with Crippen molar-refractivity contribution in [3.8, 4) is 0 Å². The molecular weight excluding hydrogens is 268 g/mol. The molecule has 22 heavy (non-hydrogen) atoms. The van der Waals surface area contributed by atoms with Crippen LogP contribution in [-0.4, -0.2) is 5.94 Å². The molecule has 4 rings (SSSR count). The zero-order valence-corrected chi connectivity index (χ0v) is 14.4. The van der Waals surface area contributed by atoms with E-state index in [1.165, 1.54) is 64.2 Å². The molecule has 0 saturated heterocycles. The van der Waals surface area contributed by atoms with Crippen molar-refractivity contribution in [1.29, 1.82) is 0 Å². The molecule has 4 aliphatic rings. The van der Waals surface area contributed by atoms with Gasteiger partial charge in [0.1, 0.15) is 5.94 Å². The van der Waals surface area contributed by atoms with Gasteiger partial charge in [0.2, 0.25) is 0 Å². The zero-order chi connectivity index (χ0) is 15.4.